The largest absolute Gasteiger partial charge is 0.506 e. The summed E-state index contributed by atoms with van der Waals surface area (Å²) >= 11 is 0. The average molecular weight is 630 g/mol. The highest BCUT2D eigenvalue weighted by atomic mass is 16.5. The number of aliphatic hydroxyl groups is 2. The van der Waals surface area contributed by atoms with Crippen LogP contribution in [-0.4, -0.2) is 101 Å². The Morgan fingerprint density at radius 3 is 2.18 bits per heavy atom. The summed E-state index contributed by atoms with van der Waals surface area (Å²) in [7, 11) is 0. The molecule has 0 saturated carbocycles. The van der Waals surface area contributed by atoms with Crippen LogP contribution in [0.4, 0.5) is 10.5 Å². The number of carbonyl (C=O) groups is 5. The first-order valence-corrected chi connectivity index (χ1v) is 14.1. The van der Waals surface area contributed by atoms with Gasteiger partial charge in [0.05, 0.1) is 43.1 Å². The first kappa shape index (κ1) is 40.0. The molecule has 0 radical (unpaired) electrons. The molecule has 1 saturated heterocycles. The number of phenolic OH excluding ortho intramolecular Hbond substituents is 1. The van der Waals surface area contributed by atoms with E-state index in [0.717, 1.165) is 0 Å². The Morgan fingerprint density at radius 2 is 1.75 bits per heavy atom. The third-order valence-corrected chi connectivity index (χ3v) is 5.49. The minimum Gasteiger partial charge on any atom is -0.506 e. The number of esters is 1. The highest BCUT2D eigenvalue weighted by Crippen LogP contribution is 2.25. The summed E-state index contributed by atoms with van der Waals surface area (Å²) in [5.74, 6) is -2.00. The molecule has 0 bridgehead atoms. The van der Waals surface area contributed by atoms with Crippen LogP contribution in [-0.2, 0) is 35.3 Å². The van der Waals surface area contributed by atoms with E-state index in [4.69, 9.17) is 30.5 Å². The zero-order valence-corrected chi connectivity index (χ0v) is 25.6. The second-order valence-corrected chi connectivity index (χ2v) is 10.4. The fourth-order valence-electron chi connectivity index (χ4n) is 3.44. The van der Waals surface area contributed by atoms with Crippen LogP contribution < -0.4 is 27.0 Å². The van der Waals surface area contributed by atoms with Gasteiger partial charge in [0.2, 0.25) is 12.3 Å². The van der Waals surface area contributed by atoms with Crippen molar-refractivity contribution in [1.82, 2.24) is 16.0 Å². The van der Waals surface area contributed by atoms with E-state index in [9.17, 15) is 29.1 Å². The summed E-state index contributed by atoms with van der Waals surface area (Å²) in [6, 6.07) is 3.65. The van der Waals surface area contributed by atoms with Crippen LogP contribution in [0.15, 0.2) is 18.2 Å². The molecule has 1 aromatic rings. The molecule has 1 aliphatic rings. The maximum atomic E-state index is 12.6. The second-order valence-electron chi connectivity index (χ2n) is 10.4. The Bertz CT molecular complexity index is 1030. The number of aliphatic carboxylic acids is 1. The van der Waals surface area contributed by atoms with E-state index in [-0.39, 0.29) is 48.4 Å². The van der Waals surface area contributed by atoms with Gasteiger partial charge in [-0.3, -0.25) is 19.2 Å². The lowest BCUT2D eigenvalue weighted by atomic mass is 10.1. The van der Waals surface area contributed by atoms with Crippen molar-refractivity contribution in [2.24, 2.45) is 11.7 Å². The molecular formula is C28H47N5O11. The quantitative estimate of drug-likeness (QED) is 0.0560. The highest BCUT2D eigenvalue weighted by molar-refractivity contribution is 5.96. The monoisotopic (exact) mass is 629 g/mol. The number of carbonyl (C=O) groups excluding carboxylic acids is 4. The lowest BCUT2D eigenvalue weighted by molar-refractivity contribution is -0.148. The Hall–Kier alpha value is -3.99. The second kappa shape index (κ2) is 22.5. The summed E-state index contributed by atoms with van der Waals surface area (Å²) in [6.45, 7) is 8.18. The standard InChI is InChI=1S/C20H32N4O5.C5H10O3.C3H5NO3/c1-12(2)19(27)29-11-14-7-8-15(17(25)10-14)24-18(26)16(23-13(3)4)6-5-9-22-20(21)28;6-4-1-5(7)3-8-2-4;5-2-4-1-3(6)7/h7-8,10,12-13,16,23,25H,5-6,9,11H2,1-4H3,(H,24,26)(H3,21,22,28);4-7H,1-3H2;2H,1H2,(H,4,5)(H,6,7). The van der Waals surface area contributed by atoms with Crippen molar-refractivity contribution >= 4 is 36.0 Å². The molecule has 0 aromatic heterocycles. The number of anilines is 1. The zero-order valence-electron chi connectivity index (χ0n) is 25.6. The van der Waals surface area contributed by atoms with Gasteiger partial charge in [0.15, 0.2) is 0 Å². The van der Waals surface area contributed by atoms with Crippen LogP contribution in [0.1, 0.15) is 52.5 Å². The summed E-state index contributed by atoms with van der Waals surface area (Å²) in [5, 5.41) is 46.0. The first-order chi connectivity index (χ1) is 20.7. The van der Waals surface area contributed by atoms with Crippen molar-refractivity contribution in [3.05, 3.63) is 23.8 Å². The molecule has 1 aliphatic heterocycles. The number of amides is 4. The van der Waals surface area contributed by atoms with E-state index in [2.05, 4.69) is 16.0 Å². The van der Waals surface area contributed by atoms with E-state index in [1.54, 1.807) is 26.0 Å². The van der Waals surface area contributed by atoms with Crippen LogP contribution in [0.25, 0.3) is 0 Å². The van der Waals surface area contributed by atoms with Crippen LogP contribution >= 0.6 is 0 Å². The number of phenols is 1. The number of urea groups is 1. The van der Waals surface area contributed by atoms with Gasteiger partial charge < -0.3 is 56.9 Å². The number of carboxylic acid groups (broad SMARTS) is 1. The topological polar surface area (TPSA) is 259 Å². The van der Waals surface area contributed by atoms with Crippen molar-refractivity contribution < 1.29 is 53.9 Å². The van der Waals surface area contributed by atoms with Gasteiger partial charge in [0.25, 0.3) is 0 Å². The van der Waals surface area contributed by atoms with Crippen molar-refractivity contribution in [2.45, 2.75) is 77.9 Å². The van der Waals surface area contributed by atoms with Gasteiger partial charge in [-0.05, 0) is 30.5 Å². The van der Waals surface area contributed by atoms with Crippen LogP contribution in [0.2, 0.25) is 0 Å². The molecule has 0 spiro atoms. The molecule has 1 aromatic carbocycles. The lowest BCUT2D eigenvalue weighted by Crippen LogP contribution is -2.44. The molecule has 1 fully saturated rings. The predicted molar refractivity (Wildman–Crippen MR) is 159 cm³/mol. The number of nitrogens with one attached hydrogen (secondary N) is 4. The van der Waals surface area contributed by atoms with Gasteiger partial charge in [-0.25, -0.2) is 4.79 Å². The number of hydrogen-bond acceptors (Lipinski definition) is 11. The molecule has 4 amide bonds. The molecule has 250 valence electrons. The number of aliphatic hydroxyl groups excluding tert-OH is 2. The molecule has 16 nitrogen and oxygen atoms in total. The first-order valence-electron chi connectivity index (χ1n) is 14.1. The molecule has 44 heavy (non-hydrogen) atoms. The predicted octanol–water partition coefficient (Wildman–Crippen LogP) is -0.209. The van der Waals surface area contributed by atoms with Gasteiger partial charge in [-0.2, -0.15) is 0 Å². The number of aromatic hydroxyl groups is 1. The molecule has 16 heteroatoms. The molecule has 1 heterocycles. The molecule has 2 rings (SSSR count). The minimum atomic E-state index is -1.04. The van der Waals surface area contributed by atoms with Crippen LogP contribution in [0.5, 0.6) is 5.75 Å². The van der Waals surface area contributed by atoms with Crippen LogP contribution in [0, 0.1) is 5.92 Å². The SMILES string of the molecule is CC(C)NC(CCCNC(N)=O)C(=O)Nc1ccc(COC(=O)C(C)C)cc1O.O=CNCC(=O)O.OC1COCC(O)C1. The van der Waals surface area contributed by atoms with Crippen LogP contribution in [0.3, 0.4) is 0 Å². The summed E-state index contributed by atoms with van der Waals surface area (Å²) < 4.78 is 9.93. The fraction of sp³-hybridized carbons (Fsp3) is 0.607. The minimum absolute atomic E-state index is 0.0448. The maximum absolute atomic E-state index is 12.6. The van der Waals surface area contributed by atoms with Crippen molar-refractivity contribution in [2.75, 3.05) is 31.6 Å². The molecular weight excluding hydrogens is 582 g/mol. The van der Waals surface area contributed by atoms with E-state index in [1.165, 1.54) is 6.07 Å². The number of primary amides is 1. The molecule has 3 unspecified atom stereocenters. The van der Waals surface area contributed by atoms with E-state index >= 15 is 0 Å². The number of carboxylic acids is 1. The fourth-order valence-corrected chi connectivity index (χ4v) is 3.44. The van der Waals surface area contributed by atoms with Crippen molar-refractivity contribution in [3.63, 3.8) is 0 Å². The van der Waals surface area contributed by atoms with Gasteiger partial charge in [-0.15, -0.1) is 0 Å². The third-order valence-electron chi connectivity index (χ3n) is 5.49. The number of ether oxygens (including phenoxy) is 2. The Kier molecular flexibility index (Phi) is 20.5. The lowest BCUT2D eigenvalue weighted by Gasteiger charge is -2.21. The Labute approximate surface area is 256 Å². The smallest absolute Gasteiger partial charge is 0.322 e. The highest BCUT2D eigenvalue weighted by Gasteiger charge is 2.20. The van der Waals surface area contributed by atoms with Gasteiger partial charge >= 0.3 is 18.0 Å². The number of nitrogens with two attached hydrogens (primary N) is 1. The number of rotatable bonds is 14. The molecule has 3 atom stereocenters. The van der Waals surface area contributed by atoms with Crippen molar-refractivity contribution in [1.29, 1.82) is 0 Å². The normalized spacial score (nSPS) is 16.3. The summed E-state index contributed by atoms with van der Waals surface area (Å²) in [5.41, 5.74) is 5.91. The third kappa shape index (κ3) is 20.0. The number of benzene rings is 1. The maximum Gasteiger partial charge on any atom is 0.322 e. The molecule has 10 N–H and O–H groups in total. The Balaban J connectivity index is 0.000000997. The number of hydrogen-bond donors (Lipinski definition) is 9. The van der Waals surface area contributed by atoms with E-state index in [0.29, 0.717) is 51.0 Å². The van der Waals surface area contributed by atoms with Gasteiger partial charge in [-0.1, -0.05) is 33.8 Å². The van der Waals surface area contributed by atoms with E-state index in [1.807, 2.05) is 19.2 Å². The molecule has 0 aliphatic carbocycles. The van der Waals surface area contributed by atoms with Crippen molar-refractivity contribution in [3.8, 4) is 5.75 Å². The Morgan fingerprint density at radius 1 is 1.11 bits per heavy atom. The van der Waals surface area contributed by atoms with Gasteiger partial charge in [0.1, 0.15) is 18.9 Å². The van der Waals surface area contributed by atoms with Gasteiger partial charge in [0, 0.05) is 19.0 Å². The average Bonchev–Trinajstić information content (AvgIpc) is 2.93. The summed E-state index contributed by atoms with van der Waals surface area (Å²) in [4.78, 5) is 53.8. The zero-order chi connectivity index (χ0) is 33.7. The summed E-state index contributed by atoms with van der Waals surface area (Å²) in [6.07, 6.45) is 0.924. The van der Waals surface area contributed by atoms with E-state index < -0.39 is 30.3 Å².